The van der Waals surface area contributed by atoms with Crippen molar-refractivity contribution in [3.8, 4) is 16.9 Å². The van der Waals surface area contributed by atoms with Crippen molar-refractivity contribution in [3.05, 3.63) is 102 Å². The maximum Gasteiger partial charge on any atom is 0.418 e. The largest absolute Gasteiger partial charge is 0.418 e. The summed E-state index contributed by atoms with van der Waals surface area (Å²) >= 11 is 0. The maximum atomic E-state index is 13.4. The number of halogens is 4. The molecule has 4 nitrogen and oxygen atoms in total. The molecular formula is C23H15F4N3O. The van der Waals surface area contributed by atoms with Crippen LogP contribution >= 0.6 is 0 Å². The second-order valence-corrected chi connectivity index (χ2v) is 6.68. The monoisotopic (exact) mass is 425 g/mol. The summed E-state index contributed by atoms with van der Waals surface area (Å²) in [4.78, 5) is 13.0. The third-order valence-electron chi connectivity index (χ3n) is 4.58. The lowest BCUT2D eigenvalue weighted by Crippen LogP contribution is -2.16. The molecule has 0 aliphatic carbocycles. The highest BCUT2D eigenvalue weighted by molar-refractivity contribution is 6.08. The number of aromatic nitrogens is 2. The first kappa shape index (κ1) is 20.3. The van der Waals surface area contributed by atoms with E-state index in [1.165, 1.54) is 53.3 Å². The van der Waals surface area contributed by atoms with Gasteiger partial charge in [-0.15, -0.1) is 0 Å². The Morgan fingerprint density at radius 2 is 1.52 bits per heavy atom. The first-order valence-corrected chi connectivity index (χ1v) is 9.21. The Hall–Kier alpha value is -3.94. The number of benzene rings is 3. The van der Waals surface area contributed by atoms with Gasteiger partial charge in [0.25, 0.3) is 5.91 Å². The molecule has 1 amide bonds. The molecule has 0 unspecified atom stereocenters. The quantitative estimate of drug-likeness (QED) is 0.411. The molecular weight excluding hydrogens is 410 g/mol. The van der Waals surface area contributed by atoms with E-state index in [1.807, 2.05) is 6.07 Å². The molecule has 31 heavy (non-hydrogen) atoms. The Labute approximate surface area is 174 Å². The third kappa shape index (κ3) is 4.32. The number of anilines is 1. The number of nitrogens with zero attached hydrogens (tertiary/aromatic N) is 2. The SMILES string of the molecule is O=C(Nc1ccccc1C(F)(F)F)c1cn(-c2ccccc2)nc1-c1ccc(F)cc1. The molecule has 1 N–H and O–H groups in total. The second-order valence-electron chi connectivity index (χ2n) is 6.68. The van der Waals surface area contributed by atoms with E-state index in [0.717, 1.165) is 6.07 Å². The molecule has 156 valence electrons. The van der Waals surface area contributed by atoms with Gasteiger partial charge in [-0.2, -0.15) is 18.3 Å². The molecule has 0 aliphatic heterocycles. The van der Waals surface area contributed by atoms with Crippen LogP contribution < -0.4 is 5.32 Å². The van der Waals surface area contributed by atoms with Crippen molar-refractivity contribution in [1.29, 1.82) is 0 Å². The van der Waals surface area contributed by atoms with Crippen LogP contribution in [0.25, 0.3) is 16.9 Å². The molecule has 4 rings (SSSR count). The van der Waals surface area contributed by atoms with E-state index in [0.29, 0.717) is 11.3 Å². The van der Waals surface area contributed by atoms with Crippen LogP contribution in [0.3, 0.4) is 0 Å². The Morgan fingerprint density at radius 3 is 2.19 bits per heavy atom. The Balaban J connectivity index is 1.77. The number of nitrogens with one attached hydrogen (secondary N) is 1. The molecule has 3 aromatic carbocycles. The highest BCUT2D eigenvalue weighted by atomic mass is 19.4. The molecule has 0 saturated carbocycles. The van der Waals surface area contributed by atoms with Crippen molar-refractivity contribution >= 4 is 11.6 Å². The zero-order chi connectivity index (χ0) is 22.0. The number of carbonyl (C=O) groups is 1. The summed E-state index contributed by atoms with van der Waals surface area (Å²) in [6.45, 7) is 0. The highest BCUT2D eigenvalue weighted by Gasteiger charge is 2.34. The summed E-state index contributed by atoms with van der Waals surface area (Å²) in [5, 5.41) is 6.76. The van der Waals surface area contributed by atoms with Gasteiger partial charge in [-0.05, 0) is 48.5 Å². The minimum Gasteiger partial charge on any atom is -0.321 e. The summed E-state index contributed by atoms with van der Waals surface area (Å²) in [7, 11) is 0. The smallest absolute Gasteiger partial charge is 0.321 e. The topological polar surface area (TPSA) is 46.9 Å². The van der Waals surface area contributed by atoms with Crippen LogP contribution in [0.1, 0.15) is 15.9 Å². The predicted octanol–water partition coefficient (Wildman–Crippen LogP) is 5.95. The van der Waals surface area contributed by atoms with Gasteiger partial charge in [0.05, 0.1) is 22.5 Å². The number of amides is 1. The van der Waals surface area contributed by atoms with Crippen LogP contribution in [0.4, 0.5) is 23.2 Å². The Bertz CT molecular complexity index is 1220. The van der Waals surface area contributed by atoms with E-state index in [-0.39, 0.29) is 16.9 Å². The summed E-state index contributed by atoms with van der Waals surface area (Å²) in [6.07, 6.45) is -3.20. The lowest BCUT2D eigenvalue weighted by atomic mass is 10.1. The minimum atomic E-state index is -4.63. The Kier molecular flexibility index (Phi) is 5.29. The molecule has 0 fully saturated rings. The number of carbonyl (C=O) groups excluding carboxylic acids is 1. The van der Waals surface area contributed by atoms with E-state index in [9.17, 15) is 22.4 Å². The zero-order valence-corrected chi connectivity index (χ0v) is 15.9. The fourth-order valence-electron chi connectivity index (χ4n) is 3.10. The van der Waals surface area contributed by atoms with Gasteiger partial charge in [-0.3, -0.25) is 4.79 Å². The van der Waals surface area contributed by atoms with Gasteiger partial charge in [0.2, 0.25) is 0 Å². The highest BCUT2D eigenvalue weighted by Crippen LogP contribution is 2.35. The number of hydrogen-bond donors (Lipinski definition) is 1. The van der Waals surface area contributed by atoms with Gasteiger partial charge in [-0.25, -0.2) is 9.07 Å². The molecule has 1 aromatic heterocycles. The molecule has 0 radical (unpaired) electrons. The second kappa shape index (κ2) is 8.06. The number of para-hydroxylation sites is 2. The van der Waals surface area contributed by atoms with Gasteiger partial charge in [0.15, 0.2) is 0 Å². The molecule has 4 aromatic rings. The van der Waals surface area contributed by atoms with E-state index in [4.69, 9.17) is 0 Å². The van der Waals surface area contributed by atoms with Crippen LogP contribution in [-0.2, 0) is 6.18 Å². The van der Waals surface area contributed by atoms with Gasteiger partial charge in [0, 0.05) is 11.8 Å². The average molecular weight is 425 g/mol. The first-order valence-electron chi connectivity index (χ1n) is 9.21. The van der Waals surface area contributed by atoms with Crippen LogP contribution in [-0.4, -0.2) is 15.7 Å². The number of hydrogen-bond acceptors (Lipinski definition) is 2. The average Bonchev–Trinajstić information content (AvgIpc) is 3.20. The molecule has 0 bridgehead atoms. The predicted molar refractivity (Wildman–Crippen MR) is 108 cm³/mol. The van der Waals surface area contributed by atoms with Crippen LogP contribution in [0.5, 0.6) is 0 Å². The van der Waals surface area contributed by atoms with Crippen molar-refractivity contribution in [3.63, 3.8) is 0 Å². The summed E-state index contributed by atoms with van der Waals surface area (Å²) in [5.41, 5.74) is 0.0453. The first-order chi connectivity index (χ1) is 14.8. The fraction of sp³-hybridized carbons (Fsp3) is 0.0435. The van der Waals surface area contributed by atoms with Gasteiger partial charge in [0.1, 0.15) is 11.5 Å². The number of alkyl halides is 3. The molecule has 0 spiro atoms. The molecule has 0 saturated heterocycles. The van der Waals surface area contributed by atoms with Crippen molar-refractivity contribution in [2.24, 2.45) is 0 Å². The van der Waals surface area contributed by atoms with E-state index in [2.05, 4.69) is 10.4 Å². The van der Waals surface area contributed by atoms with Crippen molar-refractivity contribution in [2.45, 2.75) is 6.18 Å². The summed E-state index contributed by atoms with van der Waals surface area (Å²) in [6, 6.07) is 19.0. The number of rotatable bonds is 4. The fourth-order valence-corrected chi connectivity index (χ4v) is 3.10. The Morgan fingerprint density at radius 1 is 0.871 bits per heavy atom. The van der Waals surface area contributed by atoms with Crippen molar-refractivity contribution in [1.82, 2.24) is 9.78 Å². The van der Waals surface area contributed by atoms with Crippen LogP contribution in [0.15, 0.2) is 85.1 Å². The lowest BCUT2D eigenvalue weighted by molar-refractivity contribution is -0.136. The standard InChI is InChI=1S/C23H15F4N3O/c24-16-12-10-15(11-13-16)21-18(14-30(29-21)17-6-2-1-3-7-17)22(31)28-20-9-5-4-8-19(20)23(25,26)27/h1-14H,(H,28,31). The molecule has 0 atom stereocenters. The van der Waals surface area contributed by atoms with E-state index < -0.39 is 23.5 Å². The van der Waals surface area contributed by atoms with Gasteiger partial charge >= 0.3 is 6.18 Å². The molecule has 1 heterocycles. The van der Waals surface area contributed by atoms with E-state index >= 15 is 0 Å². The summed E-state index contributed by atoms with van der Waals surface area (Å²) < 4.78 is 54.7. The maximum absolute atomic E-state index is 13.4. The van der Waals surface area contributed by atoms with Crippen LogP contribution in [0, 0.1) is 5.82 Å². The molecule has 8 heteroatoms. The summed E-state index contributed by atoms with van der Waals surface area (Å²) in [5.74, 6) is -1.23. The normalized spacial score (nSPS) is 11.4. The van der Waals surface area contributed by atoms with Gasteiger partial charge < -0.3 is 5.32 Å². The third-order valence-corrected chi connectivity index (χ3v) is 4.58. The van der Waals surface area contributed by atoms with Gasteiger partial charge in [-0.1, -0.05) is 30.3 Å². The van der Waals surface area contributed by atoms with E-state index in [1.54, 1.807) is 24.3 Å². The zero-order valence-electron chi connectivity index (χ0n) is 15.9. The lowest BCUT2D eigenvalue weighted by Gasteiger charge is -2.13. The molecule has 0 aliphatic rings. The van der Waals surface area contributed by atoms with Crippen molar-refractivity contribution in [2.75, 3.05) is 5.32 Å². The van der Waals surface area contributed by atoms with Crippen LogP contribution in [0.2, 0.25) is 0 Å². The van der Waals surface area contributed by atoms with Crippen molar-refractivity contribution < 1.29 is 22.4 Å². The minimum absolute atomic E-state index is 0.0486.